The van der Waals surface area contributed by atoms with Gasteiger partial charge in [0.2, 0.25) is 5.13 Å². The second-order valence-corrected chi connectivity index (χ2v) is 6.76. The largest absolute Gasteiger partial charge is 0.296 e. The maximum absolute atomic E-state index is 12.8. The maximum Gasteiger partial charge on any atom is 0.257 e. The first-order chi connectivity index (χ1) is 9.33. The van der Waals surface area contributed by atoms with E-state index in [9.17, 15) is 9.18 Å². The van der Waals surface area contributed by atoms with Crippen LogP contribution in [0.4, 0.5) is 9.52 Å². The molecule has 1 amide bonds. The van der Waals surface area contributed by atoms with Crippen molar-refractivity contribution < 1.29 is 9.18 Å². The van der Waals surface area contributed by atoms with E-state index < -0.39 is 0 Å². The Labute approximate surface area is 121 Å². The molecule has 20 heavy (non-hydrogen) atoms. The highest BCUT2D eigenvalue weighted by Gasteiger charge is 2.16. The summed E-state index contributed by atoms with van der Waals surface area (Å²) in [5.74, 6) is -0.687. The van der Waals surface area contributed by atoms with E-state index in [-0.39, 0.29) is 17.1 Å². The van der Waals surface area contributed by atoms with Crippen LogP contribution in [0, 0.1) is 11.2 Å². The van der Waals surface area contributed by atoms with Gasteiger partial charge in [-0.2, -0.15) is 0 Å². The second kappa shape index (κ2) is 5.66. The van der Waals surface area contributed by atoms with Gasteiger partial charge in [0.05, 0.1) is 0 Å². The van der Waals surface area contributed by atoms with Crippen molar-refractivity contribution >= 4 is 22.4 Å². The molecular formula is C14H16FN3OS. The molecule has 0 saturated carbocycles. The summed E-state index contributed by atoms with van der Waals surface area (Å²) < 4.78 is 12.8. The number of aromatic nitrogens is 2. The van der Waals surface area contributed by atoms with E-state index in [0.717, 1.165) is 11.4 Å². The van der Waals surface area contributed by atoms with Gasteiger partial charge < -0.3 is 0 Å². The normalized spacial score (nSPS) is 11.4. The summed E-state index contributed by atoms with van der Waals surface area (Å²) in [6.45, 7) is 6.35. The quantitative estimate of drug-likeness (QED) is 0.942. The predicted molar refractivity (Wildman–Crippen MR) is 77.4 cm³/mol. The Balaban J connectivity index is 2.03. The Hall–Kier alpha value is -1.82. The van der Waals surface area contributed by atoms with Crippen LogP contribution in [0.3, 0.4) is 0 Å². The molecule has 0 spiro atoms. The van der Waals surface area contributed by atoms with E-state index in [1.54, 1.807) is 0 Å². The van der Waals surface area contributed by atoms with Crippen molar-refractivity contribution in [1.29, 1.82) is 0 Å². The van der Waals surface area contributed by atoms with E-state index in [0.29, 0.717) is 10.7 Å². The van der Waals surface area contributed by atoms with Crippen molar-refractivity contribution in [3.8, 4) is 0 Å². The molecule has 0 radical (unpaired) electrons. The number of anilines is 1. The van der Waals surface area contributed by atoms with Gasteiger partial charge in [-0.25, -0.2) is 4.39 Å². The highest BCUT2D eigenvalue weighted by Crippen LogP contribution is 2.25. The van der Waals surface area contributed by atoms with E-state index in [4.69, 9.17) is 0 Å². The highest BCUT2D eigenvalue weighted by molar-refractivity contribution is 7.15. The lowest BCUT2D eigenvalue weighted by Crippen LogP contribution is -2.11. The van der Waals surface area contributed by atoms with Crippen molar-refractivity contribution in [3.05, 3.63) is 40.7 Å². The van der Waals surface area contributed by atoms with Crippen molar-refractivity contribution in [3.63, 3.8) is 0 Å². The second-order valence-electron chi connectivity index (χ2n) is 5.70. The van der Waals surface area contributed by atoms with E-state index in [1.807, 2.05) is 0 Å². The Morgan fingerprint density at radius 2 is 1.90 bits per heavy atom. The standard InChI is InChI=1S/C14H16FN3OS/c1-14(2,3)8-11-17-18-13(20-11)16-12(19)9-4-6-10(15)7-5-9/h4-7H,8H2,1-3H3,(H,16,18,19). The molecule has 1 N–H and O–H groups in total. The minimum Gasteiger partial charge on any atom is -0.296 e. The topological polar surface area (TPSA) is 54.9 Å². The van der Waals surface area contributed by atoms with Crippen molar-refractivity contribution in [2.45, 2.75) is 27.2 Å². The number of rotatable bonds is 3. The number of hydrogen-bond acceptors (Lipinski definition) is 4. The number of carbonyl (C=O) groups excluding carboxylic acids is 1. The SMILES string of the molecule is CC(C)(C)Cc1nnc(NC(=O)c2ccc(F)cc2)s1. The third-order valence-corrected chi connectivity index (χ3v) is 3.31. The minimum absolute atomic E-state index is 0.123. The molecule has 1 aromatic heterocycles. The van der Waals surface area contributed by atoms with Crippen LogP contribution >= 0.6 is 11.3 Å². The molecule has 4 nitrogen and oxygen atoms in total. The summed E-state index contributed by atoms with van der Waals surface area (Å²) in [4.78, 5) is 11.9. The lowest BCUT2D eigenvalue weighted by molar-refractivity contribution is 0.102. The Bertz CT molecular complexity index is 602. The molecule has 2 aromatic rings. The van der Waals surface area contributed by atoms with Crippen LogP contribution in [0.5, 0.6) is 0 Å². The average molecular weight is 293 g/mol. The first kappa shape index (κ1) is 14.6. The molecule has 106 valence electrons. The van der Waals surface area contributed by atoms with Crippen LogP contribution in [-0.4, -0.2) is 16.1 Å². The fraction of sp³-hybridized carbons (Fsp3) is 0.357. The lowest BCUT2D eigenvalue weighted by atomic mass is 9.93. The summed E-state index contributed by atoms with van der Waals surface area (Å²) in [6, 6.07) is 5.36. The minimum atomic E-state index is -0.370. The zero-order chi connectivity index (χ0) is 14.8. The van der Waals surface area contributed by atoms with Gasteiger partial charge in [-0.05, 0) is 29.7 Å². The highest BCUT2D eigenvalue weighted by atomic mass is 32.1. The molecule has 0 unspecified atom stereocenters. The van der Waals surface area contributed by atoms with Gasteiger partial charge in [0.15, 0.2) is 0 Å². The fourth-order valence-corrected chi connectivity index (χ4v) is 2.64. The van der Waals surface area contributed by atoms with Crippen LogP contribution in [0.1, 0.15) is 36.1 Å². The molecule has 6 heteroatoms. The molecule has 0 saturated heterocycles. The Morgan fingerprint density at radius 1 is 1.25 bits per heavy atom. The third kappa shape index (κ3) is 4.09. The maximum atomic E-state index is 12.8. The number of nitrogens with one attached hydrogen (secondary N) is 1. The van der Waals surface area contributed by atoms with Crippen LogP contribution in [-0.2, 0) is 6.42 Å². The third-order valence-electron chi connectivity index (χ3n) is 2.48. The first-order valence-corrected chi connectivity index (χ1v) is 7.04. The van der Waals surface area contributed by atoms with Gasteiger partial charge in [0.1, 0.15) is 10.8 Å². The monoisotopic (exact) mass is 293 g/mol. The molecule has 1 heterocycles. The summed E-state index contributed by atoms with van der Waals surface area (Å²) in [5, 5.41) is 12.0. The number of nitrogens with zero attached hydrogens (tertiary/aromatic N) is 2. The molecular weight excluding hydrogens is 277 g/mol. The van der Waals surface area contributed by atoms with E-state index in [1.165, 1.54) is 35.6 Å². The fourth-order valence-electron chi connectivity index (χ4n) is 1.60. The lowest BCUT2D eigenvalue weighted by Gasteiger charge is -2.14. The number of benzene rings is 1. The molecule has 0 aliphatic heterocycles. The zero-order valence-electron chi connectivity index (χ0n) is 11.6. The van der Waals surface area contributed by atoms with Crippen LogP contribution in [0.2, 0.25) is 0 Å². The van der Waals surface area contributed by atoms with E-state index >= 15 is 0 Å². The van der Waals surface area contributed by atoms with Gasteiger partial charge >= 0.3 is 0 Å². The van der Waals surface area contributed by atoms with Crippen molar-refractivity contribution in [1.82, 2.24) is 10.2 Å². The molecule has 2 rings (SSSR count). The number of amides is 1. The molecule has 0 bridgehead atoms. The summed E-state index contributed by atoms with van der Waals surface area (Å²) >= 11 is 1.36. The van der Waals surface area contributed by atoms with Gasteiger partial charge in [0, 0.05) is 12.0 Å². The Kier molecular flexibility index (Phi) is 4.13. The van der Waals surface area contributed by atoms with Crippen LogP contribution < -0.4 is 5.32 Å². The zero-order valence-corrected chi connectivity index (χ0v) is 12.4. The Morgan fingerprint density at radius 3 is 2.50 bits per heavy atom. The van der Waals surface area contributed by atoms with Crippen molar-refractivity contribution in [2.75, 3.05) is 5.32 Å². The van der Waals surface area contributed by atoms with Gasteiger partial charge in [-0.15, -0.1) is 10.2 Å². The molecule has 0 aliphatic carbocycles. The summed E-state index contributed by atoms with van der Waals surface area (Å²) in [6.07, 6.45) is 0.803. The molecule has 1 aromatic carbocycles. The molecule has 0 fully saturated rings. The first-order valence-electron chi connectivity index (χ1n) is 6.23. The molecule has 0 aliphatic rings. The number of carbonyl (C=O) groups is 1. The van der Waals surface area contributed by atoms with Gasteiger partial charge in [-0.1, -0.05) is 32.1 Å². The van der Waals surface area contributed by atoms with E-state index in [2.05, 4.69) is 36.3 Å². The van der Waals surface area contributed by atoms with Gasteiger partial charge in [0.25, 0.3) is 5.91 Å². The van der Waals surface area contributed by atoms with Crippen LogP contribution in [0.15, 0.2) is 24.3 Å². The summed E-state index contributed by atoms with van der Waals surface area (Å²) in [5.41, 5.74) is 0.511. The van der Waals surface area contributed by atoms with Gasteiger partial charge in [-0.3, -0.25) is 10.1 Å². The van der Waals surface area contributed by atoms with Crippen LogP contribution in [0.25, 0.3) is 0 Å². The predicted octanol–water partition coefficient (Wildman–Crippen LogP) is 3.52. The van der Waals surface area contributed by atoms with Crippen molar-refractivity contribution in [2.24, 2.45) is 5.41 Å². The number of hydrogen-bond donors (Lipinski definition) is 1. The smallest absolute Gasteiger partial charge is 0.257 e. The summed E-state index contributed by atoms with van der Waals surface area (Å²) in [7, 11) is 0. The average Bonchev–Trinajstić information content (AvgIpc) is 2.74. The molecule has 0 atom stereocenters. The number of halogens is 1.